The Bertz CT molecular complexity index is 759. The minimum atomic E-state index is -0.912. The summed E-state index contributed by atoms with van der Waals surface area (Å²) in [6.45, 7) is -0.505. The molecule has 0 saturated carbocycles. The zero-order chi connectivity index (χ0) is 16.3. The standard InChI is InChI=1S/C13H7Cl2NO5S/c14-9-2-1-7(16(19)20)5-8(9)13(18)21-6-10(17)11-3-4-12(15)22-11/h1-5H,6H2. The van der Waals surface area contributed by atoms with Crippen LogP contribution in [0.3, 0.4) is 0 Å². The van der Waals surface area contributed by atoms with E-state index in [1.807, 2.05) is 0 Å². The molecule has 0 saturated heterocycles. The number of thiophene rings is 1. The maximum Gasteiger partial charge on any atom is 0.340 e. The zero-order valence-electron chi connectivity index (χ0n) is 10.7. The fraction of sp³-hybridized carbons (Fsp3) is 0.0769. The van der Waals surface area contributed by atoms with Crippen LogP contribution in [0.5, 0.6) is 0 Å². The molecule has 1 heterocycles. The third kappa shape index (κ3) is 3.82. The van der Waals surface area contributed by atoms with Crippen molar-refractivity contribution in [3.8, 4) is 0 Å². The molecule has 0 fully saturated rings. The van der Waals surface area contributed by atoms with Gasteiger partial charge < -0.3 is 4.74 Å². The van der Waals surface area contributed by atoms with Crippen LogP contribution in [0.15, 0.2) is 30.3 Å². The van der Waals surface area contributed by atoms with Crippen molar-refractivity contribution in [2.45, 2.75) is 0 Å². The van der Waals surface area contributed by atoms with Gasteiger partial charge in [0.1, 0.15) is 0 Å². The van der Waals surface area contributed by atoms with Crippen LogP contribution in [0.2, 0.25) is 9.36 Å². The minimum absolute atomic E-state index is 0.00205. The van der Waals surface area contributed by atoms with Gasteiger partial charge in [-0.05, 0) is 18.2 Å². The van der Waals surface area contributed by atoms with Crippen LogP contribution in [0.4, 0.5) is 5.69 Å². The molecule has 0 bridgehead atoms. The number of Topliss-reactive ketones (excluding diaryl/α,β-unsaturated/α-hetero) is 1. The molecule has 0 N–H and O–H groups in total. The molecule has 0 atom stereocenters. The molecule has 0 spiro atoms. The lowest BCUT2D eigenvalue weighted by Gasteiger charge is -2.05. The summed E-state index contributed by atoms with van der Waals surface area (Å²) in [4.78, 5) is 34.0. The van der Waals surface area contributed by atoms with Crippen molar-refractivity contribution in [1.29, 1.82) is 0 Å². The van der Waals surface area contributed by atoms with Gasteiger partial charge in [-0.2, -0.15) is 0 Å². The first-order valence-corrected chi connectivity index (χ1v) is 7.35. The molecule has 1 aromatic carbocycles. The second kappa shape index (κ2) is 6.87. The van der Waals surface area contributed by atoms with Crippen LogP contribution in [0, 0.1) is 10.1 Å². The van der Waals surface area contributed by atoms with Crippen molar-refractivity contribution >= 4 is 52.0 Å². The Morgan fingerprint density at radius 2 is 1.95 bits per heavy atom. The van der Waals surface area contributed by atoms with E-state index in [0.29, 0.717) is 9.21 Å². The van der Waals surface area contributed by atoms with Crippen molar-refractivity contribution in [2.24, 2.45) is 0 Å². The van der Waals surface area contributed by atoms with Gasteiger partial charge in [0, 0.05) is 12.1 Å². The molecule has 1 aromatic heterocycles. The summed E-state index contributed by atoms with van der Waals surface area (Å²) in [7, 11) is 0. The van der Waals surface area contributed by atoms with Crippen LogP contribution in [0.1, 0.15) is 20.0 Å². The molecule has 2 rings (SSSR count). The maximum absolute atomic E-state index is 11.9. The van der Waals surface area contributed by atoms with E-state index in [0.717, 1.165) is 23.5 Å². The molecule has 0 unspecified atom stereocenters. The van der Waals surface area contributed by atoms with Crippen LogP contribution in [-0.2, 0) is 4.74 Å². The number of ketones is 1. The van der Waals surface area contributed by atoms with E-state index in [4.69, 9.17) is 27.9 Å². The quantitative estimate of drug-likeness (QED) is 0.348. The topological polar surface area (TPSA) is 86.5 Å². The van der Waals surface area contributed by atoms with E-state index < -0.39 is 23.3 Å². The van der Waals surface area contributed by atoms with E-state index in [9.17, 15) is 19.7 Å². The van der Waals surface area contributed by atoms with Gasteiger partial charge in [0.2, 0.25) is 5.78 Å². The normalized spacial score (nSPS) is 10.3. The van der Waals surface area contributed by atoms with Gasteiger partial charge in [-0.1, -0.05) is 23.2 Å². The number of ether oxygens (including phenoxy) is 1. The summed E-state index contributed by atoms with van der Waals surface area (Å²) in [5.74, 6) is -1.34. The molecule has 0 aliphatic carbocycles. The number of hydrogen-bond donors (Lipinski definition) is 0. The number of non-ortho nitro benzene ring substituents is 1. The van der Waals surface area contributed by atoms with E-state index in [2.05, 4.69) is 0 Å². The largest absolute Gasteiger partial charge is 0.454 e. The van der Waals surface area contributed by atoms with Crippen LogP contribution in [-0.4, -0.2) is 23.3 Å². The van der Waals surface area contributed by atoms with E-state index in [-0.39, 0.29) is 16.3 Å². The summed E-state index contributed by atoms with van der Waals surface area (Å²) < 4.78 is 5.28. The number of nitro benzene ring substituents is 1. The Kier molecular flexibility index (Phi) is 5.12. The van der Waals surface area contributed by atoms with Crippen LogP contribution >= 0.6 is 34.5 Å². The molecule has 6 nitrogen and oxygen atoms in total. The van der Waals surface area contributed by atoms with Crippen molar-refractivity contribution in [3.63, 3.8) is 0 Å². The number of hydrogen-bond acceptors (Lipinski definition) is 6. The molecular formula is C13H7Cl2NO5S. The highest BCUT2D eigenvalue weighted by molar-refractivity contribution is 7.18. The van der Waals surface area contributed by atoms with Crippen LogP contribution < -0.4 is 0 Å². The first kappa shape index (κ1) is 16.4. The summed E-state index contributed by atoms with van der Waals surface area (Å²) in [5.41, 5.74) is -0.472. The molecule has 2 aromatic rings. The highest BCUT2D eigenvalue weighted by Gasteiger charge is 2.19. The summed E-state index contributed by atoms with van der Waals surface area (Å²) in [6.07, 6.45) is 0. The Morgan fingerprint density at radius 3 is 2.55 bits per heavy atom. The second-order valence-electron chi connectivity index (χ2n) is 4.02. The predicted octanol–water partition coefficient (Wildman–Crippen LogP) is 4.00. The maximum atomic E-state index is 11.9. The molecule has 0 radical (unpaired) electrons. The lowest BCUT2D eigenvalue weighted by atomic mass is 10.2. The first-order valence-electron chi connectivity index (χ1n) is 5.78. The van der Waals surface area contributed by atoms with Gasteiger partial charge >= 0.3 is 5.97 Å². The first-order chi connectivity index (χ1) is 10.4. The SMILES string of the molecule is O=C(COC(=O)c1cc([N+](=O)[O-])ccc1Cl)c1ccc(Cl)s1. The minimum Gasteiger partial charge on any atom is -0.454 e. The summed E-state index contributed by atoms with van der Waals surface area (Å²) in [5, 5.41) is 10.7. The van der Waals surface area contributed by atoms with Gasteiger partial charge in [0.15, 0.2) is 6.61 Å². The summed E-state index contributed by atoms with van der Waals surface area (Å²) >= 11 is 12.6. The third-order valence-corrected chi connectivity index (χ3v) is 4.16. The van der Waals surface area contributed by atoms with Gasteiger partial charge in [-0.25, -0.2) is 4.79 Å². The highest BCUT2D eigenvalue weighted by Crippen LogP contribution is 2.24. The number of nitrogens with zero attached hydrogens (tertiary/aromatic N) is 1. The number of rotatable bonds is 5. The lowest BCUT2D eigenvalue weighted by molar-refractivity contribution is -0.384. The number of benzene rings is 1. The zero-order valence-corrected chi connectivity index (χ0v) is 13.1. The van der Waals surface area contributed by atoms with Gasteiger partial charge in [-0.15, -0.1) is 11.3 Å². The Hall–Kier alpha value is -1.96. The van der Waals surface area contributed by atoms with E-state index >= 15 is 0 Å². The van der Waals surface area contributed by atoms with E-state index in [1.54, 1.807) is 6.07 Å². The number of esters is 1. The highest BCUT2D eigenvalue weighted by atomic mass is 35.5. The fourth-order valence-electron chi connectivity index (χ4n) is 1.53. The number of carbonyl (C=O) groups excluding carboxylic acids is 2. The predicted molar refractivity (Wildman–Crippen MR) is 82.0 cm³/mol. The Labute approximate surface area is 138 Å². The van der Waals surface area contributed by atoms with Gasteiger partial charge in [-0.3, -0.25) is 14.9 Å². The van der Waals surface area contributed by atoms with Crippen molar-refractivity contribution < 1.29 is 19.2 Å². The smallest absolute Gasteiger partial charge is 0.340 e. The molecule has 22 heavy (non-hydrogen) atoms. The monoisotopic (exact) mass is 359 g/mol. The number of nitro groups is 1. The Morgan fingerprint density at radius 1 is 1.23 bits per heavy atom. The number of halogens is 2. The lowest BCUT2D eigenvalue weighted by Crippen LogP contribution is -2.14. The van der Waals surface area contributed by atoms with Gasteiger partial charge in [0.25, 0.3) is 5.69 Å². The molecule has 0 amide bonds. The molecule has 9 heteroatoms. The third-order valence-electron chi connectivity index (χ3n) is 2.56. The average Bonchev–Trinajstić information content (AvgIpc) is 2.91. The van der Waals surface area contributed by atoms with Crippen molar-refractivity contribution in [1.82, 2.24) is 0 Å². The molecular weight excluding hydrogens is 353 g/mol. The Balaban J connectivity index is 2.08. The molecule has 0 aliphatic rings. The fourth-order valence-corrected chi connectivity index (χ4v) is 2.69. The average molecular weight is 360 g/mol. The molecule has 0 aliphatic heterocycles. The van der Waals surface area contributed by atoms with Crippen molar-refractivity contribution in [2.75, 3.05) is 6.61 Å². The molecule has 114 valence electrons. The van der Waals surface area contributed by atoms with Gasteiger partial charge in [0.05, 0.1) is 24.7 Å². The van der Waals surface area contributed by atoms with Crippen LogP contribution in [0.25, 0.3) is 0 Å². The van der Waals surface area contributed by atoms with E-state index in [1.165, 1.54) is 12.1 Å². The second-order valence-corrected chi connectivity index (χ2v) is 6.15. The number of carbonyl (C=O) groups is 2. The van der Waals surface area contributed by atoms with Crippen molar-refractivity contribution in [3.05, 3.63) is 60.2 Å². The summed E-state index contributed by atoms with van der Waals surface area (Å²) in [6, 6.07) is 6.45.